The maximum absolute atomic E-state index is 5.57. The molecule has 0 aliphatic carbocycles. The summed E-state index contributed by atoms with van der Waals surface area (Å²) in [5.74, 6) is 2.24. The number of hydrogen-bond acceptors (Lipinski definition) is 4. The fourth-order valence-electron chi connectivity index (χ4n) is 2.91. The molecule has 7 heteroatoms. The third-order valence-electron chi connectivity index (χ3n) is 4.36. The summed E-state index contributed by atoms with van der Waals surface area (Å²) in [5.41, 5.74) is 4.18. The molecular weight excluding hydrogens is 479 g/mol. The second-order valence-corrected chi connectivity index (χ2v) is 6.43. The van der Waals surface area contributed by atoms with Crippen LogP contribution in [0.3, 0.4) is 0 Å². The Morgan fingerprint density at radius 3 is 2.66 bits per heavy atom. The van der Waals surface area contributed by atoms with Gasteiger partial charge in [0.2, 0.25) is 5.89 Å². The number of nitrogens with zero attached hydrogens (tertiary/aromatic N) is 2. The average Bonchev–Trinajstić information content (AvgIpc) is 3.20. The van der Waals surface area contributed by atoms with E-state index in [0.29, 0.717) is 12.4 Å². The monoisotopic (exact) mass is 506 g/mol. The van der Waals surface area contributed by atoms with Gasteiger partial charge >= 0.3 is 0 Å². The minimum Gasteiger partial charge on any atom is -0.496 e. The van der Waals surface area contributed by atoms with Gasteiger partial charge in [-0.05, 0) is 37.1 Å². The number of benzene rings is 2. The number of guanidine groups is 1. The van der Waals surface area contributed by atoms with Crippen LogP contribution in [0, 0.1) is 6.92 Å². The van der Waals surface area contributed by atoms with Gasteiger partial charge in [-0.25, -0.2) is 4.98 Å². The van der Waals surface area contributed by atoms with Gasteiger partial charge in [-0.15, -0.1) is 24.0 Å². The summed E-state index contributed by atoms with van der Waals surface area (Å²) in [6.45, 7) is 3.36. The number of aromatic nitrogens is 1. The quantitative estimate of drug-likeness (QED) is 0.286. The summed E-state index contributed by atoms with van der Waals surface area (Å²) in [5, 5.41) is 6.58. The van der Waals surface area contributed by atoms with Crippen molar-refractivity contribution in [1.29, 1.82) is 0 Å². The maximum Gasteiger partial charge on any atom is 0.226 e. The Balaban J connectivity index is 0.00000300. The van der Waals surface area contributed by atoms with E-state index in [1.54, 1.807) is 20.4 Å². The molecule has 29 heavy (non-hydrogen) atoms. The van der Waals surface area contributed by atoms with Crippen molar-refractivity contribution in [3.05, 3.63) is 71.6 Å². The molecule has 154 valence electrons. The molecule has 0 saturated carbocycles. The van der Waals surface area contributed by atoms with E-state index < -0.39 is 0 Å². The van der Waals surface area contributed by atoms with Gasteiger partial charge in [0.25, 0.3) is 0 Å². The van der Waals surface area contributed by atoms with Crippen molar-refractivity contribution in [2.45, 2.75) is 19.9 Å². The van der Waals surface area contributed by atoms with Gasteiger partial charge in [0.1, 0.15) is 12.0 Å². The van der Waals surface area contributed by atoms with Crippen LogP contribution in [0.15, 0.2) is 64.2 Å². The van der Waals surface area contributed by atoms with Gasteiger partial charge in [0.05, 0.1) is 19.3 Å². The number of methoxy groups -OCH3 is 1. The highest BCUT2D eigenvalue weighted by atomic mass is 127. The Morgan fingerprint density at radius 2 is 1.93 bits per heavy atom. The summed E-state index contributed by atoms with van der Waals surface area (Å²) in [6, 6.07) is 16.1. The van der Waals surface area contributed by atoms with Crippen molar-refractivity contribution in [2.75, 3.05) is 20.7 Å². The van der Waals surface area contributed by atoms with Crippen LogP contribution in [0.4, 0.5) is 0 Å². The van der Waals surface area contributed by atoms with E-state index in [1.807, 2.05) is 36.4 Å². The van der Waals surface area contributed by atoms with Crippen LogP contribution < -0.4 is 15.4 Å². The van der Waals surface area contributed by atoms with E-state index in [2.05, 4.69) is 39.7 Å². The molecular formula is C22H27IN4O2. The lowest BCUT2D eigenvalue weighted by Crippen LogP contribution is -2.37. The molecule has 0 amide bonds. The molecule has 0 radical (unpaired) electrons. The Bertz CT molecular complexity index is 926. The van der Waals surface area contributed by atoms with Crippen molar-refractivity contribution in [1.82, 2.24) is 15.6 Å². The zero-order chi connectivity index (χ0) is 19.8. The molecule has 6 nitrogen and oxygen atoms in total. The fourth-order valence-corrected chi connectivity index (χ4v) is 2.91. The Morgan fingerprint density at radius 1 is 1.14 bits per heavy atom. The van der Waals surface area contributed by atoms with Crippen LogP contribution in [0.2, 0.25) is 0 Å². The number of rotatable bonds is 7. The standard InChI is InChI=1S/C22H26N4O2.HI/c1-16-9-10-20(27-3)18(13-16)11-12-24-22(23-2)25-14-19-15-28-21(26-19)17-7-5-4-6-8-17;/h4-10,13,15H,11-12,14H2,1-3H3,(H2,23,24,25);1H. The summed E-state index contributed by atoms with van der Waals surface area (Å²) < 4.78 is 11.0. The first-order valence-corrected chi connectivity index (χ1v) is 9.27. The fraction of sp³-hybridized carbons (Fsp3) is 0.273. The van der Waals surface area contributed by atoms with Gasteiger partial charge in [-0.2, -0.15) is 0 Å². The summed E-state index contributed by atoms with van der Waals surface area (Å²) >= 11 is 0. The molecule has 1 aromatic heterocycles. The largest absolute Gasteiger partial charge is 0.496 e. The van der Waals surface area contributed by atoms with E-state index in [9.17, 15) is 0 Å². The van der Waals surface area contributed by atoms with Gasteiger partial charge < -0.3 is 19.8 Å². The number of ether oxygens (including phenoxy) is 1. The molecule has 0 bridgehead atoms. The van der Waals surface area contributed by atoms with E-state index in [0.717, 1.165) is 35.9 Å². The molecule has 0 atom stereocenters. The highest BCUT2D eigenvalue weighted by Crippen LogP contribution is 2.20. The average molecular weight is 506 g/mol. The number of hydrogen-bond donors (Lipinski definition) is 2. The normalized spacial score (nSPS) is 10.9. The zero-order valence-electron chi connectivity index (χ0n) is 16.9. The molecule has 0 fully saturated rings. The van der Waals surface area contributed by atoms with Gasteiger partial charge in [0.15, 0.2) is 5.96 Å². The lowest BCUT2D eigenvalue weighted by molar-refractivity contribution is 0.409. The number of aryl methyl sites for hydroxylation is 1. The zero-order valence-corrected chi connectivity index (χ0v) is 19.3. The topological polar surface area (TPSA) is 71.7 Å². The van der Waals surface area contributed by atoms with Crippen LogP contribution >= 0.6 is 24.0 Å². The maximum atomic E-state index is 5.57. The number of halogens is 1. The summed E-state index contributed by atoms with van der Waals surface area (Å²) in [7, 11) is 3.45. The Labute approximate surface area is 188 Å². The molecule has 0 aliphatic heterocycles. The molecule has 1 heterocycles. The van der Waals surface area contributed by atoms with Crippen molar-refractivity contribution in [3.63, 3.8) is 0 Å². The van der Waals surface area contributed by atoms with Crippen LogP contribution in [0.5, 0.6) is 5.75 Å². The molecule has 0 unspecified atom stereocenters. The summed E-state index contributed by atoms with van der Waals surface area (Å²) in [6.07, 6.45) is 2.51. The Kier molecular flexibility index (Phi) is 8.98. The lowest BCUT2D eigenvalue weighted by Gasteiger charge is -2.13. The summed E-state index contributed by atoms with van der Waals surface area (Å²) in [4.78, 5) is 8.78. The molecule has 2 N–H and O–H groups in total. The first kappa shape index (κ1) is 22.7. The smallest absolute Gasteiger partial charge is 0.226 e. The number of oxazole rings is 1. The van der Waals surface area contributed by atoms with Crippen molar-refractivity contribution >= 4 is 29.9 Å². The molecule has 0 saturated heterocycles. The van der Waals surface area contributed by atoms with Crippen molar-refractivity contribution in [2.24, 2.45) is 4.99 Å². The molecule has 3 rings (SSSR count). The van der Waals surface area contributed by atoms with E-state index in [-0.39, 0.29) is 24.0 Å². The van der Waals surface area contributed by atoms with E-state index >= 15 is 0 Å². The van der Waals surface area contributed by atoms with Crippen molar-refractivity contribution in [3.8, 4) is 17.2 Å². The lowest BCUT2D eigenvalue weighted by atomic mass is 10.1. The minimum absolute atomic E-state index is 0. The van der Waals surface area contributed by atoms with Crippen LogP contribution in [-0.2, 0) is 13.0 Å². The highest BCUT2D eigenvalue weighted by Gasteiger charge is 2.08. The highest BCUT2D eigenvalue weighted by molar-refractivity contribution is 14.0. The van der Waals surface area contributed by atoms with Crippen LogP contribution in [0.25, 0.3) is 11.5 Å². The first-order valence-electron chi connectivity index (χ1n) is 9.27. The van der Waals surface area contributed by atoms with Gasteiger partial charge in [-0.3, -0.25) is 4.99 Å². The number of aliphatic imine (C=N–C) groups is 1. The van der Waals surface area contributed by atoms with E-state index in [4.69, 9.17) is 9.15 Å². The van der Waals surface area contributed by atoms with E-state index in [1.165, 1.54) is 11.1 Å². The molecule has 3 aromatic rings. The third kappa shape index (κ3) is 6.49. The molecule has 2 aromatic carbocycles. The predicted molar refractivity (Wildman–Crippen MR) is 127 cm³/mol. The SMILES string of the molecule is CN=C(NCCc1cc(C)ccc1OC)NCc1coc(-c2ccccc2)n1.I. The molecule has 0 spiro atoms. The minimum atomic E-state index is 0. The van der Waals surface area contributed by atoms with Gasteiger partial charge in [0, 0.05) is 19.2 Å². The second kappa shape index (κ2) is 11.5. The molecule has 0 aliphatic rings. The number of nitrogens with one attached hydrogen (secondary N) is 2. The van der Waals surface area contributed by atoms with Crippen LogP contribution in [-0.4, -0.2) is 31.6 Å². The predicted octanol–water partition coefficient (Wildman–Crippen LogP) is 4.18. The van der Waals surface area contributed by atoms with Crippen LogP contribution in [0.1, 0.15) is 16.8 Å². The first-order chi connectivity index (χ1) is 13.7. The third-order valence-corrected chi connectivity index (χ3v) is 4.36. The Hall–Kier alpha value is -2.55. The second-order valence-electron chi connectivity index (χ2n) is 6.43. The van der Waals surface area contributed by atoms with Gasteiger partial charge in [-0.1, -0.05) is 35.9 Å². The van der Waals surface area contributed by atoms with Crippen molar-refractivity contribution < 1.29 is 9.15 Å².